The fraction of sp³-hybridized carbons (Fsp3) is 0.333. The van der Waals surface area contributed by atoms with Gasteiger partial charge in [0.1, 0.15) is 10.8 Å². The number of anilines is 1. The van der Waals surface area contributed by atoms with E-state index >= 15 is 0 Å². The molecule has 0 radical (unpaired) electrons. The Hall–Kier alpha value is -3.12. The number of nitrogens with one attached hydrogen (secondary N) is 2. The van der Waals surface area contributed by atoms with E-state index in [-0.39, 0.29) is 11.8 Å². The first-order chi connectivity index (χ1) is 16.2. The molecule has 0 atom stereocenters. The van der Waals surface area contributed by atoms with Crippen molar-refractivity contribution in [3.63, 3.8) is 0 Å². The van der Waals surface area contributed by atoms with Gasteiger partial charge in [-0.15, -0.1) is 11.3 Å². The summed E-state index contributed by atoms with van der Waals surface area (Å²) >= 11 is 1.54. The Kier molecular flexibility index (Phi) is 7.79. The third kappa shape index (κ3) is 5.82. The van der Waals surface area contributed by atoms with Crippen LogP contribution in [0.25, 0.3) is 0 Å². The predicted octanol–water partition coefficient (Wildman–Crippen LogP) is 5.64. The van der Waals surface area contributed by atoms with Gasteiger partial charge in [-0.05, 0) is 73.9 Å². The number of rotatable bonds is 9. The van der Waals surface area contributed by atoms with Crippen molar-refractivity contribution in [1.29, 1.82) is 0 Å². The zero-order valence-corrected chi connectivity index (χ0v) is 19.8. The lowest BCUT2D eigenvalue weighted by Gasteiger charge is -2.13. The molecule has 0 bridgehead atoms. The number of hydrogen-bond acceptors (Lipinski definition) is 4. The lowest BCUT2D eigenvalue weighted by Crippen LogP contribution is -2.27. The summed E-state index contributed by atoms with van der Waals surface area (Å²) in [6, 6.07) is 17.2. The molecule has 1 aliphatic carbocycles. The molecule has 4 rings (SSSR count). The second kappa shape index (κ2) is 11.1. The molecule has 0 unspecified atom stereocenters. The molecule has 2 N–H and O–H groups in total. The smallest absolute Gasteiger partial charge is 0.256 e. The minimum Gasteiger partial charge on any atom is -0.494 e. The van der Waals surface area contributed by atoms with Crippen LogP contribution in [0.4, 0.5) is 5.00 Å². The van der Waals surface area contributed by atoms with Crippen molar-refractivity contribution < 1.29 is 14.3 Å². The number of thiophene rings is 1. The third-order valence-corrected chi connectivity index (χ3v) is 6.96. The SMILES string of the molecule is CCCOc1ccc(C(=O)Nc2sc3c(c2C(=O)NCCc2ccccc2)CCCC3)cc1. The van der Waals surface area contributed by atoms with Gasteiger partial charge in [0.05, 0.1) is 12.2 Å². The maximum atomic E-state index is 13.2. The third-order valence-electron chi connectivity index (χ3n) is 5.76. The first-order valence-corrected chi connectivity index (χ1v) is 12.5. The minimum absolute atomic E-state index is 0.107. The Labute approximate surface area is 199 Å². The van der Waals surface area contributed by atoms with Crippen LogP contribution in [0.3, 0.4) is 0 Å². The van der Waals surface area contributed by atoms with Gasteiger partial charge in [-0.2, -0.15) is 0 Å². The van der Waals surface area contributed by atoms with E-state index in [1.165, 1.54) is 21.8 Å². The lowest BCUT2D eigenvalue weighted by molar-refractivity contribution is 0.0954. The highest BCUT2D eigenvalue weighted by atomic mass is 32.1. The van der Waals surface area contributed by atoms with Gasteiger partial charge in [-0.3, -0.25) is 9.59 Å². The van der Waals surface area contributed by atoms with Crippen LogP contribution in [0.5, 0.6) is 5.75 Å². The molecule has 6 heteroatoms. The number of benzene rings is 2. The zero-order valence-electron chi connectivity index (χ0n) is 19.0. The summed E-state index contributed by atoms with van der Waals surface area (Å²) in [4.78, 5) is 27.3. The van der Waals surface area contributed by atoms with E-state index in [1.54, 1.807) is 24.3 Å². The fourth-order valence-electron chi connectivity index (χ4n) is 4.05. The number of aryl methyl sites for hydroxylation is 1. The van der Waals surface area contributed by atoms with Crippen LogP contribution in [-0.4, -0.2) is 25.0 Å². The minimum atomic E-state index is -0.214. The van der Waals surface area contributed by atoms with Gasteiger partial charge in [0, 0.05) is 17.0 Å². The Morgan fingerprint density at radius 2 is 1.73 bits per heavy atom. The van der Waals surface area contributed by atoms with Crippen molar-refractivity contribution in [2.45, 2.75) is 45.4 Å². The molecule has 0 fully saturated rings. The summed E-state index contributed by atoms with van der Waals surface area (Å²) in [5.74, 6) is 0.427. The number of fused-ring (bicyclic) bond motifs is 1. The highest BCUT2D eigenvalue weighted by Gasteiger charge is 2.26. The standard InChI is InChI=1S/C27H30N2O3S/c1-2-18-32-21-14-12-20(13-15-21)25(30)29-27-24(22-10-6-7-11-23(22)33-27)26(31)28-17-16-19-8-4-3-5-9-19/h3-5,8-9,12-15H,2,6-7,10-11,16-18H2,1H3,(H,28,31)(H,29,30). The van der Waals surface area contributed by atoms with Gasteiger partial charge in [-0.25, -0.2) is 0 Å². The van der Waals surface area contributed by atoms with Crippen LogP contribution in [0, 0.1) is 0 Å². The van der Waals surface area contributed by atoms with Crippen LogP contribution in [-0.2, 0) is 19.3 Å². The van der Waals surface area contributed by atoms with Gasteiger partial charge in [0.2, 0.25) is 0 Å². The molecule has 0 aliphatic heterocycles. The molecular weight excluding hydrogens is 432 g/mol. The molecule has 2 aromatic carbocycles. The molecule has 1 aliphatic rings. The molecule has 5 nitrogen and oxygen atoms in total. The summed E-state index contributed by atoms with van der Waals surface area (Å²) in [7, 11) is 0. The summed E-state index contributed by atoms with van der Waals surface area (Å²) in [6.07, 6.45) is 5.74. The maximum Gasteiger partial charge on any atom is 0.256 e. The van der Waals surface area contributed by atoms with E-state index in [4.69, 9.17) is 4.74 Å². The number of carbonyl (C=O) groups excluding carboxylic acids is 2. The average Bonchev–Trinajstić information content (AvgIpc) is 3.21. The van der Waals surface area contributed by atoms with Crippen LogP contribution in [0.2, 0.25) is 0 Å². The monoisotopic (exact) mass is 462 g/mol. The Morgan fingerprint density at radius 1 is 0.970 bits per heavy atom. The van der Waals surface area contributed by atoms with E-state index in [9.17, 15) is 9.59 Å². The summed E-state index contributed by atoms with van der Waals surface area (Å²) in [5.41, 5.74) is 3.46. The van der Waals surface area contributed by atoms with Crippen molar-refractivity contribution in [2.75, 3.05) is 18.5 Å². The molecule has 2 amide bonds. The number of hydrogen-bond donors (Lipinski definition) is 2. The van der Waals surface area contributed by atoms with Crippen molar-refractivity contribution >= 4 is 28.2 Å². The summed E-state index contributed by atoms with van der Waals surface area (Å²) in [5, 5.41) is 6.73. The van der Waals surface area contributed by atoms with Gasteiger partial charge < -0.3 is 15.4 Å². The quantitative estimate of drug-likeness (QED) is 0.432. The molecule has 1 aromatic heterocycles. The average molecular weight is 463 g/mol. The lowest BCUT2D eigenvalue weighted by atomic mass is 9.95. The first-order valence-electron chi connectivity index (χ1n) is 11.7. The van der Waals surface area contributed by atoms with Crippen LogP contribution >= 0.6 is 11.3 Å². The van der Waals surface area contributed by atoms with Gasteiger partial charge in [0.15, 0.2) is 0 Å². The van der Waals surface area contributed by atoms with Gasteiger partial charge in [-0.1, -0.05) is 37.3 Å². The fourth-order valence-corrected chi connectivity index (χ4v) is 5.33. The Morgan fingerprint density at radius 3 is 2.48 bits per heavy atom. The zero-order chi connectivity index (χ0) is 23.0. The molecule has 0 saturated carbocycles. The van der Waals surface area contributed by atoms with Gasteiger partial charge >= 0.3 is 0 Å². The molecule has 1 heterocycles. The molecule has 172 valence electrons. The molecule has 3 aromatic rings. The van der Waals surface area contributed by atoms with Gasteiger partial charge in [0.25, 0.3) is 11.8 Å². The first kappa shape index (κ1) is 23.1. The van der Waals surface area contributed by atoms with E-state index in [0.29, 0.717) is 29.3 Å². The van der Waals surface area contributed by atoms with Crippen LogP contribution in [0.15, 0.2) is 54.6 Å². The highest BCUT2D eigenvalue weighted by Crippen LogP contribution is 2.38. The number of carbonyl (C=O) groups is 2. The molecule has 0 spiro atoms. The van der Waals surface area contributed by atoms with E-state index in [2.05, 4.69) is 29.7 Å². The molecular formula is C27H30N2O3S. The molecule has 33 heavy (non-hydrogen) atoms. The van der Waals surface area contributed by atoms with Crippen LogP contribution < -0.4 is 15.4 Å². The van der Waals surface area contributed by atoms with Crippen molar-refractivity contribution in [3.8, 4) is 5.75 Å². The number of ether oxygens (including phenoxy) is 1. The highest BCUT2D eigenvalue weighted by molar-refractivity contribution is 7.17. The van der Waals surface area contributed by atoms with E-state index in [1.807, 2.05) is 18.2 Å². The Bertz CT molecular complexity index is 1090. The van der Waals surface area contributed by atoms with E-state index in [0.717, 1.165) is 49.8 Å². The second-order valence-corrected chi connectivity index (χ2v) is 9.34. The summed E-state index contributed by atoms with van der Waals surface area (Å²) < 4.78 is 5.60. The summed E-state index contributed by atoms with van der Waals surface area (Å²) in [6.45, 7) is 3.26. The van der Waals surface area contributed by atoms with Crippen molar-refractivity contribution in [2.24, 2.45) is 0 Å². The maximum absolute atomic E-state index is 13.2. The topological polar surface area (TPSA) is 67.4 Å². The van der Waals surface area contributed by atoms with Crippen molar-refractivity contribution in [1.82, 2.24) is 5.32 Å². The van der Waals surface area contributed by atoms with Crippen LogP contribution in [0.1, 0.15) is 62.9 Å². The molecule has 0 saturated heterocycles. The normalized spacial score (nSPS) is 12.6. The second-order valence-electron chi connectivity index (χ2n) is 8.23. The van der Waals surface area contributed by atoms with E-state index < -0.39 is 0 Å². The predicted molar refractivity (Wildman–Crippen MR) is 134 cm³/mol. The Balaban J connectivity index is 1.47. The largest absolute Gasteiger partial charge is 0.494 e. The number of amides is 2. The van der Waals surface area contributed by atoms with Crippen molar-refractivity contribution in [3.05, 3.63) is 81.7 Å².